The van der Waals surface area contributed by atoms with Crippen LogP contribution in [0.1, 0.15) is 0 Å². The molecule has 9 nitrogen and oxygen atoms in total. The van der Waals surface area contributed by atoms with Gasteiger partial charge in [-0.3, -0.25) is 0 Å². The lowest BCUT2D eigenvalue weighted by atomic mass is 10.0. The van der Waals surface area contributed by atoms with Gasteiger partial charge in [-0.15, -0.1) is 0 Å². The third kappa shape index (κ3) is 2.89. The molecule has 0 aromatic carbocycles. The lowest BCUT2D eigenvalue weighted by molar-refractivity contribution is -0.298. The van der Waals surface area contributed by atoms with Crippen LogP contribution in [0.2, 0.25) is 0 Å². The van der Waals surface area contributed by atoms with E-state index in [9.17, 15) is 25.5 Å². The van der Waals surface area contributed by atoms with Crippen molar-refractivity contribution < 1.29 is 44.8 Å². The molecule has 8 atom stereocenters. The first-order valence-corrected chi connectivity index (χ1v) is 5.89. The minimum absolute atomic E-state index is 0.252. The van der Waals surface area contributed by atoms with Crippen LogP contribution in [-0.4, -0.2) is 93.1 Å². The van der Waals surface area contributed by atoms with Gasteiger partial charge in [-0.05, 0) is 0 Å². The van der Waals surface area contributed by atoms with Crippen molar-refractivity contribution in [1.29, 1.82) is 0 Å². The molecule has 2 aliphatic rings. The average Bonchev–Trinajstić information content (AvgIpc) is 2.66. The summed E-state index contributed by atoms with van der Waals surface area (Å²) in [6, 6.07) is 0. The van der Waals surface area contributed by atoms with Crippen molar-refractivity contribution in [3.05, 3.63) is 0 Å². The normalized spacial score (nSPS) is 51.5. The molecule has 19 heavy (non-hydrogen) atoms. The molecular formula is C10H18O9. The molecule has 0 aliphatic carbocycles. The summed E-state index contributed by atoms with van der Waals surface area (Å²) >= 11 is 0. The molecule has 2 heterocycles. The zero-order chi connectivity index (χ0) is 14.2. The monoisotopic (exact) mass is 282 g/mol. The molecule has 0 radical (unpaired) electrons. The summed E-state index contributed by atoms with van der Waals surface area (Å²) in [7, 11) is 0. The minimum atomic E-state index is -1.52. The summed E-state index contributed by atoms with van der Waals surface area (Å²) in [4.78, 5) is 0. The molecule has 0 aromatic rings. The molecule has 9 heteroatoms. The number of hydrogen-bond acceptors (Lipinski definition) is 9. The van der Waals surface area contributed by atoms with E-state index in [0.717, 1.165) is 0 Å². The third-order valence-corrected chi connectivity index (χ3v) is 3.24. The van der Waals surface area contributed by atoms with Gasteiger partial charge < -0.3 is 44.8 Å². The smallest absolute Gasteiger partial charge is 0.187 e. The van der Waals surface area contributed by atoms with Crippen molar-refractivity contribution in [3.8, 4) is 0 Å². The second-order valence-corrected chi connectivity index (χ2v) is 4.59. The Bertz CT molecular complexity index is 301. The SMILES string of the molecule is OCC1OC(OC2C(O)COC(O)C2O)C(O)C1O. The number of rotatable bonds is 3. The Hall–Kier alpha value is -0.360. The van der Waals surface area contributed by atoms with E-state index >= 15 is 0 Å². The van der Waals surface area contributed by atoms with Gasteiger partial charge in [0.1, 0.15) is 36.6 Å². The van der Waals surface area contributed by atoms with Gasteiger partial charge in [0, 0.05) is 0 Å². The molecule has 2 fully saturated rings. The van der Waals surface area contributed by atoms with Gasteiger partial charge in [-0.1, -0.05) is 0 Å². The summed E-state index contributed by atoms with van der Waals surface area (Å²) in [5.41, 5.74) is 0. The van der Waals surface area contributed by atoms with Gasteiger partial charge in [0.25, 0.3) is 0 Å². The number of ether oxygens (including phenoxy) is 3. The van der Waals surface area contributed by atoms with Crippen molar-refractivity contribution in [2.24, 2.45) is 0 Å². The second kappa shape index (κ2) is 5.95. The second-order valence-electron chi connectivity index (χ2n) is 4.59. The van der Waals surface area contributed by atoms with Gasteiger partial charge in [-0.2, -0.15) is 0 Å². The summed E-state index contributed by atoms with van der Waals surface area (Å²) in [5.74, 6) is 0. The number of aliphatic hydroxyl groups is 6. The van der Waals surface area contributed by atoms with Crippen molar-refractivity contribution in [2.45, 2.75) is 49.2 Å². The van der Waals surface area contributed by atoms with E-state index < -0.39 is 55.8 Å². The molecule has 8 unspecified atom stereocenters. The molecule has 112 valence electrons. The first-order chi connectivity index (χ1) is 8.95. The Morgan fingerprint density at radius 3 is 2.26 bits per heavy atom. The molecule has 0 amide bonds. The van der Waals surface area contributed by atoms with Crippen LogP contribution in [0.5, 0.6) is 0 Å². The van der Waals surface area contributed by atoms with E-state index in [0.29, 0.717) is 0 Å². The highest BCUT2D eigenvalue weighted by Gasteiger charge is 2.47. The predicted molar refractivity (Wildman–Crippen MR) is 56.6 cm³/mol. The van der Waals surface area contributed by atoms with E-state index in [1.165, 1.54) is 0 Å². The van der Waals surface area contributed by atoms with Gasteiger partial charge >= 0.3 is 0 Å². The van der Waals surface area contributed by atoms with Crippen LogP contribution in [0.15, 0.2) is 0 Å². The summed E-state index contributed by atoms with van der Waals surface area (Å²) < 4.78 is 14.9. The molecule has 0 spiro atoms. The fraction of sp³-hybridized carbons (Fsp3) is 1.00. The van der Waals surface area contributed by atoms with Gasteiger partial charge in [0.05, 0.1) is 13.2 Å². The van der Waals surface area contributed by atoms with E-state index in [-0.39, 0.29) is 6.61 Å². The zero-order valence-electron chi connectivity index (χ0n) is 9.94. The van der Waals surface area contributed by atoms with Crippen LogP contribution in [-0.2, 0) is 14.2 Å². The first kappa shape index (κ1) is 15.0. The molecule has 6 N–H and O–H groups in total. The van der Waals surface area contributed by atoms with Crippen LogP contribution in [0, 0.1) is 0 Å². The highest BCUT2D eigenvalue weighted by Crippen LogP contribution is 2.26. The molecule has 2 saturated heterocycles. The molecule has 2 rings (SSSR count). The Labute approximate surface area is 108 Å². The van der Waals surface area contributed by atoms with Crippen molar-refractivity contribution in [1.82, 2.24) is 0 Å². The van der Waals surface area contributed by atoms with Crippen LogP contribution < -0.4 is 0 Å². The van der Waals surface area contributed by atoms with Gasteiger partial charge in [-0.25, -0.2) is 0 Å². The first-order valence-electron chi connectivity index (χ1n) is 5.89. The Balaban J connectivity index is 2.00. The predicted octanol–water partition coefficient (Wildman–Crippen LogP) is -4.12. The van der Waals surface area contributed by atoms with Crippen LogP contribution in [0.3, 0.4) is 0 Å². The standard InChI is InChI=1S/C10H18O9/c11-1-4-5(13)6(14)10(18-4)19-8-3(12)2-17-9(16)7(8)15/h3-16H,1-2H2. The highest BCUT2D eigenvalue weighted by atomic mass is 16.7. The van der Waals surface area contributed by atoms with E-state index in [1.807, 2.05) is 0 Å². The van der Waals surface area contributed by atoms with Gasteiger partial charge in [0.15, 0.2) is 12.6 Å². The van der Waals surface area contributed by atoms with Crippen LogP contribution in [0.25, 0.3) is 0 Å². The quantitative estimate of drug-likeness (QED) is 0.303. The van der Waals surface area contributed by atoms with Gasteiger partial charge in [0.2, 0.25) is 0 Å². The zero-order valence-corrected chi connectivity index (χ0v) is 9.94. The molecule has 0 bridgehead atoms. The average molecular weight is 282 g/mol. The maximum absolute atomic E-state index is 9.66. The highest BCUT2D eigenvalue weighted by molar-refractivity contribution is 4.90. The Morgan fingerprint density at radius 1 is 1.00 bits per heavy atom. The fourth-order valence-electron chi connectivity index (χ4n) is 2.08. The Morgan fingerprint density at radius 2 is 1.68 bits per heavy atom. The number of hydrogen-bond donors (Lipinski definition) is 6. The number of aliphatic hydroxyl groups excluding tert-OH is 6. The lowest BCUT2D eigenvalue weighted by Crippen LogP contribution is -2.56. The van der Waals surface area contributed by atoms with E-state index in [1.54, 1.807) is 0 Å². The third-order valence-electron chi connectivity index (χ3n) is 3.24. The minimum Gasteiger partial charge on any atom is -0.394 e. The lowest BCUT2D eigenvalue weighted by Gasteiger charge is -2.36. The largest absolute Gasteiger partial charge is 0.394 e. The molecule has 2 aliphatic heterocycles. The van der Waals surface area contributed by atoms with Crippen molar-refractivity contribution in [3.63, 3.8) is 0 Å². The molecular weight excluding hydrogens is 264 g/mol. The van der Waals surface area contributed by atoms with E-state index in [2.05, 4.69) is 4.74 Å². The summed E-state index contributed by atoms with van der Waals surface area (Å²) in [6.07, 6.45) is -10.6. The van der Waals surface area contributed by atoms with Crippen LogP contribution in [0.4, 0.5) is 0 Å². The molecule has 0 aromatic heterocycles. The maximum Gasteiger partial charge on any atom is 0.187 e. The van der Waals surface area contributed by atoms with E-state index in [4.69, 9.17) is 14.6 Å². The molecule has 0 saturated carbocycles. The summed E-state index contributed by atoms with van der Waals surface area (Å²) in [5, 5.41) is 56.7. The van der Waals surface area contributed by atoms with Crippen LogP contribution >= 0.6 is 0 Å². The fourth-order valence-corrected chi connectivity index (χ4v) is 2.08. The Kier molecular flexibility index (Phi) is 4.71. The maximum atomic E-state index is 9.66. The topological polar surface area (TPSA) is 149 Å². The van der Waals surface area contributed by atoms with Crippen molar-refractivity contribution in [2.75, 3.05) is 13.2 Å². The summed E-state index contributed by atoms with van der Waals surface area (Å²) in [6.45, 7) is -0.767. The van der Waals surface area contributed by atoms with Crippen molar-refractivity contribution >= 4 is 0 Å².